The minimum Gasteiger partial charge on any atom is -0.468 e. The molecule has 0 saturated heterocycles. The first kappa shape index (κ1) is 21.7. The third kappa shape index (κ3) is 16.9. The Bertz CT molecular complexity index is 299. The van der Waals surface area contributed by atoms with Gasteiger partial charge in [-0.15, -0.1) is 0 Å². The van der Waals surface area contributed by atoms with Crippen LogP contribution in [0, 0.1) is 0 Å². The van der Waals surface area contributed by atoms with Crippen molar-refractivity contribution < 1.29 is 14.3 Å². The lowest BCUT2D eigenvalue weighted by atomic mass is 10.1. The van der Waals surface area contributed by atoms with Crippen molar-refractivity contribution in [3.05, 3.63) is 0 Å². The lowest BCUT2D eigenvalue weighted by Gasteiger charge is -2.06. The number of amides is 2. The van der Waals surface area contributed by atoms with Crippen LogP contribution in [0.25, 0.3) is 0 Å². The van der Waals surface area contributed by atoms with E-state index in [0.29, 0.717) is 13.1 Å². The Kier molecular flexibility index (Phi) is 16.1. The normalized spacial score (nSPS) is 10.3. The summed E-state index contributed by atoms with van der Waals surface area (Å²) in [5.41, 5.74) is 0. The number of unbranched alkanes of at least 4 members (excludes halogenated alkanes) is 8. The average Bonchev–Trinajstić information content (AvgIpc) is 2.55. The third-order valence-electron chi connectivity index (χ3n) is 3.65. The van der Waals surface area contributed by atoms with Gasteiger partial charge in [-0.3, -0.25) is 4.79 Å². The van der Waals surface area contributed by atoms with E-state index in [9.17, 15) is 9.59 Å². The number of urea groups is 1. The summed E-state index contributed by atoms with van der Waals surface area (Å²) >= 11 is 0. The molecule has 0 saturated carbocycles. The van der Waals surface area contributed by atoms with Crippen molar-refractivity contribution in [3.63, 3.8) is 0 Å². The topological polar surface area (TPSA) is 79.5 Å². The Balaban J connectivity index is 3.08. The first-order chi connectivity index (χ1) is 11.2. The largest absolute Gasteiger partial charge is 0.468 e. The van der Waals surface area contributed by atoms with Crippen LogP contribution >= 0.6 is 0 Å². The summed E-state index contributed by atoms with van der Waals surface area (Å²) in [6.07, 6.45) is 10.9. The van der Waals surface area contributed by atoms with E-state index < -0.39 is 0 Å². The van der Waals surface area contributed by atoms with Crippen molar-refractivity contribution in [2.24, 2.45) is 0 Å². The molecule has 0 heterocycles. The van der Waals surface area contributed by atoms with E-state index in [4.69, 9.17) is 0 Å². The molecule has 0 unspecified atom stereocenters. The first-order valence-electron chi connectivity index (χ1n) is 9.00. The lowest BCUT2D eigenvalue weighted by Crippen LogP contribution is -2.35. The molecule has 0 aromatic rings. The Hall–Kier alpha value is -1.30. The molecule has 0 aliphatic heterocycles. The second kappa shape index (κ2) is 17.1. The zero-order valence-corrected chi connectivity index (χ0v) is 14.9. The van der Waals surface area contributed by atoms with Crippen LogP contribution in [0.15, 0.2) is 0 Å². The predicted molar refractivity (Wildman–Crippen MR) is 93.5 cm³/mol. The summed E-state index contributed by atoms with van der Waals surface area (Å²) < 4.78 is 4.55. The highest BCUT2D eigenvalue weighted by Gasteiger charge is 1.98. The molecule has 0 aromatic carbocycles. The SMILES string of the molecule is CCNC(=O)NCCCCCCCCCCCNCC(=O)OC. The van der Waals surface area contributed by atoms with Gasteiger partial charge in [0.1, 0.15) is 0 Å². The van der Waals surface area contributed by atoms with Crippen LogP contribution in [-0.2, 0) is 9.53 Å². The molecule has 0 spiro atoms. The molecular formula is C17H35N3O3. The van der Waals surface area contributed by atoms with Crippen LogP contribution < -0.4 is 16.0 Å². The highest BCUT2D eigenvalue weighted by atomic mass is 16.5. The van der Waals surface area contributed by atoms with Crippen molar-refractivity contribution in [2.45, 2.75) is 64.7 Å². The summed E-state index contributed by atoms with van der Waals surface area (Å²) in [4.78, 5) is 22.0. The van der Waals surface area contributed by atoms with E-state index in [0.717, 1.165) is 25.9 Å². The zero-order chi connectivity index (χ0) is 17.2. The van der Waals surface area contributed by atoms with E-state index in [1.54, 1.807) is 0 Å². The molecule has 0 atom stereocenters. The molecule has 136 valence electrons. The van der Waals surface area contributed by atoms with E-state index >= 15 is 0 Å². The van der Waals surface area contributed by atoms with Gasteiger partial charge in [0, 0.05) is 13.1 Å². The number of hydrogen-bond acceptors (Lipinski definition) is 4. The van der Waals surface area contributed by atoms with Crippen molar-refractivity contribution in [2.75, 3.05) is 33.3 Å². The Morgan fingerprint density at radius 3 is 1.83 bits per heavy atom. The Morgan fingerprint density at radius 1 is 0.783 bits per heavy atom. The van der Waals surface area contributed by atoms with Gasteiger partial charge in [0.25, 0.3) is 0 Å². The molecule has 23 heavy (non-hydrogen) atoms. The Morgan fingerprint density at radius 2 is 1.30 bits per heavy atom. The van der Waals surface area contributed by atoms with Crippen molar-refractivity contribution in [3.8, 4) is 0 Å². The van der Waals surface area contributed by atoms with Gasteiger partial charge < -0.3 is 20.7 Å². The number of carbonyl (C=O) groups excluding carboxylic acids is 2. The fourth-order valence-electron chi connectivity index (χ4n) is 2.30. The van der Waals surface area contributed by atoms with Gasteiger partial charge in [-0.2, -0.15) is 0 Å². The molecule has 0 rings (SSSR count). The van der Waals surface area contributed by atoms with Gasteiger partial charge in [0.15, 0.2) is 0 Å². The zero-order valence-electron chi connectivity index (χ0n) is 14.9. The van der Waals surface area contributed by atoms with E-state index in [2.05, 4.69) is 20.7 Å². The fraction of sp³-hybridized carbons (Fsp3) is 0.882. The molecule has 6 nitrogen and oxygen atoms in total. The van der Waals surface area contributed by atoms with Crippen molar-refractivity contribution in [1.82, 2.24) is 16.0 Å². The molecule has 0 aliphatic carbocycles. The van der Waals surface area contributed by atoms with Gasteiger partial charge in [-0.25, -0.2) is 4.79 Å². The van der Waals surface area contributed by atoms with Gasteiger partial charge in [-0.05, 0) is 26.3 Å². The van der Waals surface area contributed by atoms with Gasteiger partial charge in [0.2, 0.25) is 0 Å². The second-order valence-electron chi connectivity index (χ2n) is 5.72. The van der Waals surface area contributed by atoms with Crippen LogP contribution in [0.3, 0.4) is 0 Å². The fourth-order valence-corrected chi connectivity index (χ4v) is 2.30. The number of hydrogen-bond donors (Lipinski definition) is 3. The maximum atomic E-state index is 11.1. The van der Waals surface area contributed by atoms with Crippen LogP contribution in [0.1, 0.15) is 64.7 Å². The van der Waals surface area contributed by atoms with Crippen molar-refractivity contribution >= 4 is 12.0 Å². The number of methoxy groups -OCH3 is 1. The quantitative estimate of drug-likeness (QED) is 0.319. The van der Waals surface area contributed by atoms with Crippen LogP contribution in [0.4, 0.5) is 4.79 Å². The minimum absolute atomic E-state index is 0.0615. The maximum absolute atomic E-state index is 11.1. The Labute approximate surface area is 141 Å². The first-order valence-corrected chi connectivity index (χ1v) is 9.00. The molecule has 3 N–H and O–H groups in total. The number of ether oxygens (including phenoxy) is 1. The molecule has 2 amide bonds. The van der Waals surface area contributed by atoms with E-state index in [1.165, 1.54) is 52.1 Å². The summed E-state index contributed by atoms with van der Waals surface area (Å²) in [5.74, 6) is -0.203. The minimum atomic E-state index is -0.203. The smallest absolute Gasteiger partial charge is 0.319 e. The highest BCUT2D eigenvalue weighted by molar-refractivity contribution is 5.73. The predicted octanol–water partition coefficient (Wildman–Crippen LogP) is 2.58. The van der Waals surface area contributed by atoms with Crippen LogP contribution in [0.2, 0.25) is 0 Å². The maximum Gasteiger partial charge on any atom is 0.319 e. The number of esters is 1. The summed E-state index contributed by atoms with van der Waals surface area (Å²) in [5, 5.41) is 8.64. The number of nitrogens with one attached hydrogen (secondary N) is 3. The third-order valence-corrected chi connectivity index (χ3v) is 3.65. The van der Waals surface area contributed by atoms with Crippen LogP contribution in [-0.4, -0.2) is 45.3 Å². The molecule has 0 aliphatic rings. The molecular weight excluding hydrogens is 294 g/mol. The van der Waals surface area contributed by atoms with Gasteiger partial charge in [0.05, 0.1) is 13.7 Å². The molecule has 0 aromatic heterocycles. The molecule has 0 radical (unpaired) electrons. The summed E-state index contributed by atoms with van der Waals surface area (Å²) in [6.45, 7) is 4.55. The lowest BCUT2D eigenvalue weighted by molar-refractivity contribution is -0.139. The van der Waals surface area contributed by atoms with E-state index in [-0.39, 0.29) is 12.0 Å². The number of rotatable bonds is 15. The second-order valence-corrected chi connectivity index (χ2v) is 5.72. The van der Waals surface area contributed by atoms with Crippen molar-refractivity contribution in [1.29, 1.82) is 0 Å². The average molecular weight is 329 g/mol. The molecule has 0 bridgehead atoms. The van der Waals surface area contributed by atoms with Gasteiger partial charge in [-0.1, -0.05) is 44.9 Å². The van der Waals surface area contributed by atoms with Gasteiger partial charge >= 0.3 is 12.0 Å². The number of carbonyl (C=O) groups is 2. The summed E-state index contributed by atoms with van der Waals surface area (Å²) in [6, 6.07) is -0.0615. The summed E-state index contributed by atoms with van der Waals surface area (Å²) in [7, 11) is 1.41. The molecule has 6 heteroatoms. The highest BCUT2D eigenvalue weighted by Crippen LogP contribution is 2.09. The standard InChI is InChI=1S/C17H35N3O3/c1-3-19-17(22)20-14-12-10-8-6-4-5-7-9-11-13-18-15-16(21)23-2/h18H,3-15H2,1-2H3,(H2,19,20,22). The van der Waals surface area contributed by atoms with Crippen LogP contribution in [0.5, 0.6) is 0 Å². The van der Waals surface area contributed by atoms with E-state index in [1.807, 2.05) is 6.92 Å². The monoisotopic (exact) mass is 329 g/mol. The molecule has 0 fully saturated rings.